The van der Waals surface area contributed by atoms with Gasteiger partial charge in [0.25, 0.3) is 0 Å². The van der Waals surface area contributed by atoms with E-state index in [0.29, 0.717) is 11.4 Å². The van der Waals surface area contributed by atoms with Crippen molar-refractivity contribution in [2.75, 3.05) is 19.5 Å². The number of aromatic nitrogens is 1. The number of benzene rings is 2. The highest BCUT2D eigenvalue weighted by molar-refractivity contribution is 6.07. The van der Waals surface area contributed by atoms with Gasteiger partial charge in [0.15, 0.2) is 0 Å². The van der Waals surface area contributed by atoms with E-state index in [1.807, 2.05) is 30.3 Å². The third kappa shape index (κ3) is 4.12. The molecule has 0 aliphatic heterocycles. The van der Waals surface area contributed by atoms with Crippen LogP contribution in [0.1, 0.15) is 15.9 Å². The van der Waals surface area contributed by atoms with Gasteiger partial charge in [0, 0.05) is 23.2 Å². The Morgan fingerprint density at radius 3 is 2.67 bits per heavy atom. The number of ether oxygens (including phenoxy) is 2. The number of esters is 1. The minimum absolute atomic E-state index is 0.213. The summed E-state index contributed by atoms with van der Waals surface area (Å²) in [5.41, 5.74) is 2.19. The molecule has 0 aliphatic carbocycles. The Hall–Kier alpha value is -3.67. The quantitative estimate of drug-likeness (QED) is 0.553. The number of nitrogens with zero attached hydrogens (tertiary/aromatic N) is 1. The molecule has 0 saturated heterocycles. The molecule has 2 aromatic carbocycles. The van der Waals surface area contributed by atoms with Gasteiger partial charge in [0.2, 0.25) is 5.91 Å². The van der Waals surface area contributed by atoms with Crippen LogP contribution in [0.2, 0.25) is 0 Å². The Morgan fingerprint density at radius 2 is 1.89 bits per heavy atom. The maximum Gasteiger partial charge on any atom is 0.340 e. The number of nitrogens with one attached hydrogen (secondary N) is 1. The van der Waals surface area contributed by atoms with Gasteiger partial charge >= 0.3 is 5.97 Å². The van der Waals surface area contributed by atoms with Crippen molar-refractivity contribution >= 4 is 34.5 Å². The molecule has 6 heteroatoms. The number of carbonyl (C=O) groups excluding carboxylic acids is 2. The first kappa shape index (κ1) is 18.1. The van der Waals surface area contributed by atoms with Crippen molar-refractivity contribution in [3.8, 4) is 5.75 Å². The van der Waals surface area contributed by atoms with Gasteiger partial charge in [-0.05, 0) is 30.3 Å². The molecule has 0 fully saturated rings. The molecule has 136 valence electrons. The molecular formula is C21H18N2O4. The van der Waals surface area contributed by atoms with Gasteiger partial charge in [-0.2, -0.15) is 0 Å². The number of methoxy groups -OCH3 is 2. The lowest BCUT2D eigenvalue weighted by Crippen LogP contribution is -2.13. The van der Waals surface area contributed by atoms with Crippen molar-refractivity contribution in [1.29, 1.82) is 0 Å². The van der Waals surface area contributed by atoms with Crippen LogP contribution in [-0.2, 0) is 9.53 Å². The zero-order chi connectivity index (χ0) is 19.2. The summed E-state index contributed by atoms with van der Waals surface area (Å²) in [5.74, 6) is -0.449. The second-order valence-electron chi connectivity index (χ2n) is 5.65. The van der Waals surface area contributed by atoms with Gasteiger partial charge in [-0.25, -0.2) is 4.79 Å². The molecule has 3 rings (SSSR count). The van der Waals surface area contributed by atoms with Gasteiger partial charge < -0.3 is 14.8 Å². The molecule has 0 saturated carbocycles. The van der Waals surface area contributed by atoms with Crippen molar-refractivity contribution in [3.05, 3.63) is 71.9 Å². The van der Waals surface area contributed by atoms with Crippen molar-refractivity contribution < 1.29 is 19.1 Å². The van der Waals surface area contributed by atoms with E-state index in [1.54, 1.807) is 24.4 Å². The van der Waals surface area contributed by atoms with Crippen LogP contribution in [0.25, 0.3) is 17.0 Å². The van der Waals surface area contributed by atoms with E-state index in [9.17, 15) is 9.59 Å². The fourth-order valence-corrected chi connectivity index (χ4v) is 2.64. The van der Waals surface area contributed by atoms with Crippen LogP contribution in [0.4, 0.5) is 5.69 Å². The normalized spacial score (nSPS) is 10.7. The molecule has 6 nitrogen and oxygen atoms in total. The van der Waals surface area contributed by atoms with Crippen LogP contribution >= 0.6 is 0 Å². The summed E-state index contributed by atoms with van der Waals surface area (Å²) in [6.45, 7) is 0. The average Bonchev–Trinajstić information content (AvgIpc) is 2.71. The maximum atomic E-state index is 12.3. The third-order valence-corrected chi connectivity index (χ3v) is 3.97. The highest BCUT2D eigenvalue weighted by Crippen LogP contribution is 2.23. The van der Waals surface area contributed by atoms with E-state index >= 15 is 0 Å². The largest absolute Gasteiger partial charge is 0.497 e. The van der Waals surface area contributed by atoms with Gasteiger partial charge in [-0.1, -0.05) is 24.3 Å². The van der Waals surface area contributed by atoms with Crippen LogP contribution in [0.3, 0.4) is 0 Å². The molecule has 0 radical (unpaired) electrons. The Morgan fingerprint density at radius 1 is 1.07 bits per heavy atom. The Labute approximate surface area is 156 Å². The summed E-state index contributed by atoms with van der Waals surface area (Å²) < 4.78 is 9.88. The SMILES string of the molecule is COC(=O)c1cc(OC)ccc1NC(=O)/C=C/c1cccc2cccnc12. The van der Waals surface area contributed by atoms with Crippen molar-refractivity contribution in [3.63, 3.8) is 0 Å². The lowest BCUT2D eigenvalue weighted by atomic mass is 10.1. The predicted molar refractivity (Wildman–Crippen MR) is 104 cm³/mol. The van der Waals surface area contributed by atoms with Crippen LogP contribution in [0, 0.1) is 0 Å². The lowest BCUT2D eigenvalue weighted by Gasteiger charge is -2.10. The molecular weight excluding hydrogens is 344 g/mol. The smallest absolute Gasteiger partial charge is 0.340 e. The Kier molecular flexibility index (Phi) is 5.47. The van der Waals surface area contributed by atoms with Crippen LogP contribution < -0.4 is 10.1 Å². The Bertz CT molecular complexity index is 1020. The van der Waals surface area contributed by atoms with E-state index in [4.69, 9.17) is 9.47 Å². The van der Waals surface area contributed by atoms with E-state index in [2.05, 4.69) is 10.3 Å². The predicted octanol–water partition coefficient (Wildman–Crippen LogP) is 3.68. The van der Waals surface area contributed by atoms with E-state index in [-0.39, 0.29) is 11.5 Å². The number of carbonyl (C=O) groups is 2. The molecule has 0 atom stereocenters. The molecule has 3 aromatic rings. The van der Waals surface area contributed by atoms with Crippen molar-refractivity contribution in [1.82, 2.24) is 4.98 Å². The summed E-state index contributed by atoms with van der Waals surface area (Å²) in [7, 11) is 2.77. The van der Waals surface area contributed by atoms with Crippen molar-refractivity contribution in [2.45, 2.75) is 0 Å². The van der Waals surface area contributed by atoms with Gasteiger partial charge in [-0.15, -0.1) is 0 Å². The number of anilines is 1. The molecule has 0 bridgehead atoms. The highest BCUT2D eigenvalue weighted by Gasteiger charge is 2.14. The fourth-order valence-electron chi connectivity index (χ4n) is 2.64. The average molecular weight is 362 g/mol. The minimum Gasteiger partial charge on any atom is -0.497 e. The van der Waals surface area contributed by atoms with Gasteiger partial charge in [0.05, 0.1) is 31.0 Å². The number of amides is 1. The first-order chi connectivity index (χ1) is 13.1. The molecule has 27 heavy (non-hydrogen) atoms. The zero-order valence-corrected chi connectivity index (χ0v) is 14.9. The first-order valence-corrected chi connectivity index (χ1v) is 8.21. The number of pyridine rings is 1. The molecule has 1 aromatic heterocycles. The molecule has 1 amide bonds. The van der Waals surface area contributed by atoms with E-state index in [1.165, 1.54) is 26.4 Å². The monoisotopic (exact) mass is 362 g/mol. The number of hydrogen-bond acceptors (Lipinski definition) is 5. The molecule has 1 heterocycles. The van der Waals surface area contributed by atoms with Crippen molar-refractivity contribution in [2.24, 2.45) is 0 Å². The molecule has 0 spiro atoms. The summed E-state index contributed by atoms with van der Waals surface area (Å²) in [4.78, 5) is 28.6. The first-order valence-electron chi connectivity index (χ1n) is 8.21. The third-order valence-electron chi connectivity index (χ3n) is 3.97. The molecule has 0 aliphatic rings. The lowest BCUT2D eigenvalue weighted by molar-refractivity contribution is -0.111. The van der Waals surface area contributed by atoms with E-state index in [0.717, 1.165) is 16.5 Å². The van der Waals surface area contributed by atoms with Crippen LogP contribution in [-0.4, -0.2) is 31.1 Å². The maximum absolute atomic E-state index is 12.3. The zero-order valence-electron chi connectivity index (χ0n) is 14.9. The van der Waals surface area contributed by atoms with Gasteiger partial charge in [0.1, 0.15) is 5.75 Å². The fraction of sp³-hybridized carbons (Fsp3) is 0.0952. The summed E-state index contributed by atoms with van der Waals surface area (Å²) in [5, 5.41) is 3.68. The summed E-state index contributed by atoms with van der Waals surface area (Å²) in [6.07, 6.45) is 4.79. The van der Waals surface area contributed by atoms with E-state index < -0.39 is 5.97 Å². The summed E-state index contributed by atoms with van der Waals surface area (Å²) >= 11 is 0. The highest BCUT2D eigenvalue weighted by atomic mass is 16.5. The number of para-hydroxylation sites is 1. The van der Waals surface area contributed by atoms with Gasteiger partial charge in [-0.3, -0.25) is 9.78 Å². The summed E-state index contributed by atoms with van der Waals surface area (Å²) in [6, 6.07) is 14.3. The second kappa shape index (κ2) is 8.14. The molecule has 1 N–H and O–H groups in total. The number of hydrogen-bond donors (Lipinski definition) is 1. The van der Waals surface area contributed by atoms with Crippen LogP contribution in [0.5, 0.6) is 5.75 Å². The molecule has 0 unspecified atom stereocenters. The number of fused-ring (bicyclic) bond motifs is 1. The standard InChI is InChI=1S/C21H18N2O4/c1-26-16-9-10-18(17(13-16)21(25)27-2)23-19(24)11-8-15-6-3-5-14-7-4-12-22-20(14)15/h3-13H,1-2H3,(H,23,24)/b11-8+. The second-order valence-corrected chi connectivity index (χ2v) is 5.65. The minimum atomic E-state index is -0.563. The van der Waals surface area contributed by atoms with Crippen LogP contribution in [0.15, 0.2) is 60.8 Å². The topological polar surface area (TPSA) is 77.5 Å². The Balaban J connectivity index is 1.83. The number of rotatable bonds is 5.